The average Bonchev–Trinajstić information content (AvgIpc) is 3.73. The Kier molecular flexibility index (Phi) is 11.0. The molecular formula is C37H28BrFN4O5S. The largest absolute Gasteiger partial charge is 0.489 e. The Hall–Kier alpha value is -5.46. The van der Waals surface area contributed by atoms with Crippen molar-refractivity contribution in [3.8, 4) is 11.5 Å². The van der Waals surface area contributed by atoms with Gasteiger partial charge in [-0.1, -0.05) is 58.4 Å². The van der Waals surface area contributed by atoms with E-state index in [1.54, 1.807) is 48.9 Å². The lowest BCUT2D eigenvalue weighted by atomic mass is 10.2. The van der Waals surface area contributed by atoms with E-state index in [9.17, 15) is 14.0 Å². The first-order valence-corrected chi connectivity index (χ1v) is 16.6. The summed E-state index contributed by atoms with van der Waals surface area (Å²) in [7, 11) is 0. The van der Waals surface area contributed by atoms with Crippen molar-refractivity contribution in [3.05, 3.63) is 153 Å². The molecule has 0 spiro atoms. The molecule has 9 nitrogen and oxygen atoms in total. The van der Waals surface area contributed by atoms with Gasteiger partial charge in [-0.15, -0.1) is 5.10 Å². The summed E-state index contributed by atoms with van der Waals surface area (Å²) in [5.41, 5.74) is 2.84. The van der Waals surface area contributed by atoms with E-state index < -0.39 is 11.7 Å². The summed E-state index contributed by atoms with van der Waals surface area (Å²) in [5.74, 6) is 0.521. The van der Waals surface area contributed by atoms with Gasteiger partial charge in [-0.2, -0.15) is 5.10 Å². The Labute approximate surface area is 294 Å². The van der Waals surface area contributed by atoms with Gasteiger partial charge in [0, 0.05) is 15.7 Å². The Morgan fingerprint density at radius 2 is 1.80 bits per heavy atom. The molecule has 1 aliphatic heterocycles. The van der Waals surface area contributed by atoms with Gasteiger partial charge < -0.3 is 19.2 Å². The van der Waals surface area contributed by atoms with Crippen molar-refractivity contribution in [2.45, 2.75) is 13.2 Å². The number of amidine groups is 1. The summed E-state index contributed by atoms with van der Waals surface area (Å²) in [5, 5.41) is 11.7. The monoisotopic (exact) mass is 738 g/mol. The molecule has 5 aromatic rings. The maximum absolute atomic E-state index is 13.7. The predicted octanol–water partition coefficient (Wildman–Crippen LogP) is 8.28. The number of amides is 2. The lowest BCUT2D eigenvalue weighted by molar-refractivity contribution is -0.122. The number of furan rings is 1. The number of thioether (sulfide) groups is 1. The third-order valence-corrected chi connectivity index (χ3v) is 8.47. The first kappa shape index (κ1) is 33.4. The molecule has 4 aromatic carbocycles. The predicted molar refractivity (Wildman–Crippen MR) is 192 cm³/mol. The number of halogens is 2. The fourth-order valence-electron chi connectivity index (χ4n) is 4.63. The number of anilines is 1. The van der Waals surface area contributed by atoms with Crippen molar-refractivity contribution in [3.63, 3.8) is 0 Å². The zero-order chi connectivity index (χ0) is 34.0. The summed E-state index contributed by atoms with van der Waals surface area (Å²) in [6, 6.07) is 31.6. The summed E-state index contributed by atoms with van der Waals surface area (Å²) in [4.78, 5) is 28.1. The van der Waals surface area contributed by atoms with Crippen LogP contribution in [0, 0.1) is 5.82 Å². The Morgan fingerprint density at radius 3 is 2.59 bits per heavy atom. The molecule has 2 heterocycles. The molecule has 1 aliphatic rings. The van der Waals surface area contributed by atoms with Crippen LogP contribution in [0.4, 0.5) is 10.1 Å². The Bertz CT molecular complexity index is 2020. The number of nitrogens with zero attached hydrogens (tertiary/aromatic N) is 3. The molecule has 1 aromatic heterocycles. The lowest BCUT2D eigenvalue weighted by Gasteiger charge is -2.13. The second kappa shape index (κ2) is 16.1. The third kappa shape index (κ3) is 9.34. The van der Waals surface area contributed by atoms with Crippen LogP contribution in [0.2, 0.25) is 0 Å². The number of hydrogen-bond donors (Lipinski definition) is 1. The van der Waals surface area contributed by atoms with E-state index in [-0.39, 0.29) is 19.1 Å². The fraction of sp³-hybridized carbons (Fsp3) is 0.0811. The van der Waals surface area contributed by atoms with Crippen molar-refractivity contribution in [2.75, 3.05) is 11.9 Å². The number of ether oxygens (including phenoxy) is 2. The number of carbonyl (C=O) groups is 2. The highest BCUT2D eigenvalue weighted by Crippen LogP contribution is 2.36. The minimum atomic E-state index is -0.426. The van der Waals surface area contributed by atoms with Gasteiger partial charge in [0.05, 0.1) is 23.9 Å². The van der Waals surface area contributed by atoms with Crippen LogP contribution in [0.1, 0.15) is 22.5 Å². The molecule has 0 unspecified atom stereocenters. The van der Waals surface area contributed by atoms with E-state index in [0.29, 0.717) is 45.2 Å². The van der Waals surface area contributed by atoms with E-state index in [4.69, 9.17) is 13.9 Å². The zero-order valence-electron chi connectivity index (χ0n) is 25.8. The van der Waals surface area contributed by atoms with Crippen LogP contribution >= 0.6 is 27.7 Å². The molecule has 1 saturated heterocycles. The molecular weight excluding hydrogens is 711 g/mol. The zero-order valence-corrected chi connectivity index (χ0v) is 28.2. The van der Waals surface area contributed by atoms with E-state index in [1.165, 1.54) is 29.2 Å². The van der Waals surface area contributed by atoms with Crippen molar-refractivity contribution in [1.29, 1.82) is 0 Å². The van der Waals surface area contributed by atoms with Gasteiger partial charge in [0.15, 0.2) is 11.8 Å². The molecule has 1 fully saturated rings. The van der Waals surface area contributed by atoms with Crippen LogP contribution in [0.5, 0.6) is 11.5 Å². The summed E-state index contributed by atoms with van der Waals surface area (Å²) < 4.78 is 31.3. The van der Waals surface area contributed by atoms with Crippen molar-refractivity contribution >= 4 is 62.7 Å². The van der Waals surface area contributed by atoms with E-state index in [2.05, 4.69) is 31.4 Å². The summed E-state index contributed by atoms with van der Waals surface area (Å²) >= 11 is 4.63. The first-order valence-electron chi connectivity index (χ1n) is 15.0. The third-order valence-electron chi connectivity index (χ3n) is 6.98. The van der Waals surface area contributed by atoms with Gasteiger partial charge in [0.1, 0.15) is 29.7 Å². The van der Waals surface area contributed by atoms with Crippen molar-refractivity contribution in [2.24, 2.45) is 10.2 Å². The molecule has 246 valence electrons. The maximum atomic E-state index is 13.7. The van der Waals surface area contributed by atoms with Crippen LogP contribution in [0.15, 0.2) is 139 Å². The summed E-state index contributed by atoms with van der Waals surface area (Å²) in [6.07, 6.45) is 4.82. The number of rotatable bonds is 12. The minimum absolute atomic E-state index is 0.152. The Morgan fingerprint density at radius 1 is 0.959 bits per heavy atom. The van der Waals surface area contributed by atoms with Crippen LogP contribution in [-0.4, -0.2) is 34.7 Å². The average molecular weight is 740 g/mol. The first-order chi connectivity index (χ1) is 23.9. The molecule has 1 N–H and O–H groups in total. The van der Waals surface area contributed by atoms with E-state index >= 15 is 0 Å². The van der Waals surface area contributed by atoms with Gasteiger partial charge >= 0.3 is 0 Å². The highest BCUT2D eigenvalue weighted by Gasteiger charge is 2.34. The molecule has 0 saturated carbocycles. The molecule has 6 rings (SSSR count). The lowest BCUT2D eigenvalue weighted by Crippen LogP contribution is -2.28. The van der Waals surface area contributed by atoms with Crippen molar-refractivity contribution < 1.29 is 27.9 Å². The van der Waals surface area contributed by atoms with Gasteiger partial charge in [0.25, 0.3) is 11.8 Å². The van der Waals surface area contributed by atoms with E-state index in [1.807, 2.05) is 54.6 Å². The number of benzene rings is 4. The SMILES string of the molecule is O=C(COc1ccc(Br)cc1/C=C1\S/C(=N\N=C\c2cccc(OCc3ccccc3)c2)N(Cc2ccco2)C1=O)Nc1ccc(F)cc1. The number of nitrogens with one attached hydrogen (secondary N) is 1. The maximum Gasteiger partial charge on any atom is 0.267 e. The quantitative estimate of drug-likeness (QED) is 0.0785. The van der Waals surface area contributed by atoms with Crippen LogP contribution < -0.4 is 14.8 Å². The Balaban J connectivity index is 1.18. The van der Waals surface area contributed by atoms with Gasteiger partial charge in [-0.25, -0.2) is 4.39 Å². The van der Waals surface area contributed by atoms with Crippen molar-refractivity contribution in [1.82, 2.24) is 4.90 Å². The van der Waals surface area contributed by atoms with Gasteiger partial charge in [0.2, 0.25) is 0 Å². The highest BCUT2D eigenvalue weighted by atomic mass is 79.9. The summed E-state index contributed by atoms with van der Waals surface area (Å²) in [6.45, 7) is 0.285. The van der Waals surface area contributed by atoms with Crippen LogP contribution in [-0.2, 0) is 22.7 Å². The molecule has 49 heavy (non-hydrogen) atoms. The molecule has 0 bridgehead atoms. The van der Waals surface area contributed by atoms with E-state index in [0.717, 1.165) is 27.4 Å². The molecule has 12 heteroatoms. The van der Waals surface area contributed by atoms with Gasteiger partial charge in [-0.3, -0.25) is 14.5 Å². The van der Waals surface area contributed by atoms with Gasteiger partial charge in [-0.05, 0) is 95.7 Å². The number of hydrogen-bond acceptors (Lipinski definition) is 8. The number of carbonyl (C=O) groups excluding carboxylic acids is 2. The van der Waals surface area contributed by atoms with Crippen LogP contribution in [0.25, 0.3) is 6.08 Å². The molecule has 0 aliphatic carbocycles. The molecule has 0 atom stereocenters. The fourth-order valence-corrected chi connectivity index (χ4v) is 5.93. The smallest absolute Gasteiger partial charge is 0.267 e. The topological polar surface area (TPSA) is 106 Å². The normalized spacial score (nSPS) is 14.6. The molecule has 2 amide bonds. The van der Waals surface area contributed by atoms with Crippen LogP contribution in [0.3, 0.4) is 0 Å². The second-order valence-corrected chi connectivity index (χ2v) is 12.5. The second-order valence-electron chi connectivity index (χ2n) is 10.6. The minimum Gasteiger partial charge on any atom is -0.489 e. The molecule has 0 radical (unpaired) electrons. The highest BCUT2D eigenvalue weighted by molar-refractivity contribution is 9.10. The standard InChI is InChI=1S/C37H28BrFN4O5S/c38-28-11-16-33(48-24-35(44)41-30-14-12-29(39)13-15-30)27(19-28)20-34-36(45)43(22-32-10-5-17-46-32)37(49-34)42-40-21-26-8-4-9-31(18-26)47-23-25-6-2-1-3-7-25/h1-21H,22-24H2,(H,41,44)/b34-20-,40-21+,42-37-.